The van der Waals surface area contributed by atoms with E-state index in [1.165, 1.54) is 0 Å². The lowest BCUT2D eigenvalue weighted by molar-refractivity contribution is -0.122. The Kier molecular flexibility index (Phi) is 5.43. The van der Waals surface area contributed by atoms with Crippen LogP contribution in [0.2, 0.25) is 0 Å². The van der Waals surface area contributed by atoms with Gasteiger partial charge in [0.25, 0.3) is 0 Å². The van der Waals surface area contributed by atoms with E-state index in [9.17, 15) is 4.79 Å². The minimum Gasteiger partial charge on any atom is -0.369 e. The number of nitrogens with one attached hydrogen (secondary N) is 2. The number of fused-ring (bicyclic) bond motifs is 1. The monoisotopic (exact) mass is 443 g/mol. The molecule has 28 heavy (non-hydrogen) atoms. The Morgan fingerprint density at radius 1 is 1.32 bits per heavy atom. The Hall–Kier alpha value is -2.68. The van der Waals surface area contributed by atoms with Gasteiger partial charge in [-0.2, -0.15) is 9.61 Å². The van der Waals surface area contributed by atoms with E-state index in [2.05, 4.69) is 41.6 Å². The molecule has 0 radical (unpaired) electrons. The second kappa shape index (κ2) is 8.14. The number of carbonyl (C=O) groups is 1. The molecule has 4 rings (SSSR count). The standard InChI is InChI=1S/C19H22BrN7O/c20-14-11-24-27-17(23-10-12-4-3-7-22-9-12)8-16(26-19(14)27)25-15-6-2-1-5-13(15)18(21)28/h3-4,7-9,11,13,15,23H,1-2,5-6,10H2,(H2,21,28)(H,25,26)/t13?,15-/m1/s1. The molecule has 1 aliphatic carbocycles. The zero-order chi connectivity index (χ0) is 19.5. The van der Waals surface area contributed by atoms with Gasteiger partial charge in [-0.25, -0.2) is 4.98 Å². The minimum absolute atomic E-state index is 0.00549. The topological polar surface area (TPSA) is 110 Å². The lowest BCUT2D eigenvalue weighted by atomic mass is 9.84. The average Bonchev–Trinajstić information content (AvgIpc) is 3.08. The van der Waals surface area contributed by atoms with Gasteiger partial charge in [0.1, 0.15) is 11.6 Å². The summed E-state index contributed by atoms with van der Waals surface area (Å²) in [6.45, 7) is 0.608. The largest absolute Gasteiger partial charge is 0.369 e. The molecule has 0 bridgehead atoms. The van der Waals surface area contributed by atoms with Crippen LogP contribution in [0.3, 0.4) is 0 Å². The Labute approximate surface area is 171 Å². The summed E-state index contributed by atoms with van der Waals surface area (Å²) in [5.74, 6) is 1.07. The summed E-state index contributed by atoms with van der Waals surface area (Å²) in [6, 6.07) is 5.82. The maximum Gasteiger partial charge on any atom is 0.222 e. The molecular formula is C19H22BrN7O. The molecule has 146 valence electrons. The molecule has 3 aromatic rings. The molecular weight excluding hydrogens is 422 g/mol. The molecule has 9 heteroatoms. The van der Waals surface area contributed by atoms with Crippen molar-refractivity contribution in [3.8, 4) is 0 Å². The van der Waals surface area contributed by atoms with E-state index in [1.807, 2.05) is 24.4 Å². The van der Waals surface area contributed by atoms with Gasteiger partial charge in [-0.05, 0) is 40.4 Å². The molecule has 1 fully saturated rings. The predicted molar refractivity (Wildman–Crippen MR) is 111 cm³/mol. The highest BCUT2D eigenvalue weighted by Crippen LogP contribution is 2.29. The molecule has 1 aliphatic rings. The molecule has 0 aromatic carbocycles. The summed E-state index contributed by atoms with van der Waals surface area (Å²) in [4.78, 5) is 20.6. The summed E-state index contributed by atoms with van der Waals surface area (Å²) >= 11 is 3.51. The van der Waals surface area contributed by atoms with Crippen LogP contribution in [-0.2, 0) is 11.3 Å². The number of primary amides is 1. The van der Waals surface area contributed by atoms with E-state index in [-0.39, 0.29) is 17.9 Å². The fourth-order valence-corrected chi connectivity index (χ4v) is 4.01. The van der Waals surface area contributed by atoms with Gasteiger partial charge >= 0.3 is 0 Å². The van der Waals surface area contributed by atoms with Crippen molar-refractivity contribution in [1.29, 1.82) is 0 Å². The van der Waals surface area contributed by atoms with Gasteiger partial charge in [-0.1, -0.05) is 18.9 Å². The number of amides is 1. The number of carbonyl (C=O) groups excluding carboxylic acids is 1. The van der Waals surface area contributed by atoms with Crippen molar-refractivity contribution < 1.29 is 4.79 Å². The first-order chi connectivity index (χ1) is 13.6. The lowest BCUT2D eigenvalue weighted by Crippen LogP contribution is -2.40. The highest BCUT2D eigenvalue weighted by atomic mass is 79.9. The SMILES string of the molecule is NC(=O)C1CCCC[C@H]1Nc1cc(NCc2cccnc2)n2ncc(Br)c2n1. The second-order valence-corrected chi connectivity index (χ2v) is 7.87. The van der Waals surface area contributed by atoms with Crippen LogP contribution in [0, 0.1) is 5.92 Å². The maximum atomic E-state index is 11.8. The summed E-state index contributed by atoms with van der Waals surface area (Å²) in [5, 5.41) is 11.2. The third-order valence-electron chi connectivity index (χ3n) is 5.09. The van der Waals surface area contributed by atoms with Crippen molar-refractivity contribution in [2.75, 3.05) is 10.6 Å². The van der Waals surface area contributed by atoms with Crippen LogP contribution < -0.4 is 16.4 Å². The van der Waals surface area contributed by atoms with E-state index in [4.69, 9.17) is 5.73 Å². The van der Waals surface area contributed by atoms with E-state index >= 15 is 0 Å². The number of nitrogens with two attached hydrogens (primary N) is 1. The molecule has 0 spiro atoms. The van der Waals surface area contributed by atoms with Crippen LogP contribution in [-0.4, -0.2) is 31.5 Å². The van der Waals surface area contributed by atoms with Crippen LogP contribution in [0.25, 0.3) is 5.65 Å². The minimum atomic E-state index is -0.251. The summed E-state index contributed by atoms with van der Waals surface area (Å²) in [6.07, 6.45) is 9.12. The molecule has 1 saturated carbocycles. The first-order valence-corrected chi connectivity index (χ1v) is 10.1. The number of pyridine rings is 1. The van der Waals surface area contributed by atoms with Gasteiger partial charge in [-0.3, -0.25) is 9.78 Å². The summed E-state index contributed by atoms with van der Waals surface area (Å²) in [7, 11) is 0. The second-order valence-electron chi connectivity index (χ2n) is 7.01. The third kappa shape index (κ3) is 3.94. The summed E-state index contributed by atoms with van der Waals surface area (Å²) < 4.78 is 2.55. The molecule has 1 amide bonds. The van der Waals surface area contributed by atoms with Gasteiger partial charge < -0.3 is 16.4 Å². The molecule has 8 nitrogen and oxygen atoms in total. The van der Waals surface area contributed by atoms with E-state index < -0.39 is 0 Å². The normalized spacial score (nSPS) is 19.5. The van der Waals surface area contributed by atoms with Gasteiger partial charge in [0.2, 0.25) is 5.91 Å². The smallest absolute Gasteiger partial charge is 0.222 e. The van der Waals surface area contributed by atoms with Crippen LogP contribution in [0.5, 0.6) is 0 Å². The molecule has 4 N–H and O–H groups in total. The van der Waals surface area contributed by atoms with E-state index in [0.717, 1.165) is 41.5 Å². The van der Waals surface area contributed by atoms with E-state index in [1.54, 1.807) is 16.9 Å². The average molecular weight is 444 g/mol. The number of hydrogen-bond acceptors (Lipinski definition) is 6. The van der Waals surface area contributed by atoms with Gasteiger partial charge in [0.05, 0.1) is 16.6 Å². The number of halogens is 1. The van der Waals surface area contributed by atoms with E-state index in [0.29, 0.717) is 18.0 Å². The fourth-order valence-electron chi connectivity index (χ4n) is 3.67. The molecule has 1 unspecified atom stereocenters. The molecule has 3 heterocycles. The molecule has 0 aliphatic heterocycles. The van der Waals surface area contributed by atoms with Gasteiger partial charge in [-0.15, -0.1) is 0 Å². The van der Waals surface area contributed by atoms with Gasteiger partial charge in [0, 0.05) is 31.0 Å². The number of hydrogen-bond donors (Lipinski definition) is 3. The van der Waals surface area contributed by atoms with Crippen LogP contribution in [0.1, 0.15) is 31.2 Å². The quantitative estimate of drug-likeness (QED) is 0.539. The van der Waals surface area contributed by atoms with Gasteiger partial charge in [0.15, 0.2) is 5.65 Å². The zero-order valence-electron chi connectivity index (χ0n) is 15.3. The Bertz CT molecular complexity index is 975. The predicted octanol–water partition coefficient (Wildman–Crippen LogP) is 2.95. The molecule has 2 atom stereocenters. The number of anilines is 2. The lowest BCUT2D eigenvalue weighted by Gasteiger charge is -2.30. The Balaban J connectivity index is 1.61. The first-order valence-electron chi connectivity index (χ1n) is 9.35. The number of aromatic nitrogens is 4. The third-order valence-corrected chi connectivity index (χ3v) is 5.65. The molecule has 0 saturated heterocycles. The molecule has 3 aromatic heterocycles. The van der Waals surface area contributed by atoms with Crippen molar-refractivity contribution in [3.05, 3.63) is 46.8 Å². The number of nitrogens with zero attached hydrogens (tertiary/aromatic N) is 4. The Morgan fingerprint density at radius 2 is 2.18 bits per heavy atom. The highest BCUT2D eigenvalue weighted by molar-refractivity contribution is 9.10. The van der Waals surface area contributed by atoms with Crippen LogP contribution in [0.15, 0.2) is 41.3 Å². The van der Waals surface area contributed by atoms with Crippen LogP contribution in [0.4, 0.5) is 11.6 Å². The van der Waals surface area contributed by atoms with Crippen LogP contribution >= 0.6 is 15.9 Å². The summed E-state index contributed by atoms with van der Waals surface area (Å²) in [5.41, 5.74) is 7.38. The number of rotatable bonds is 6. The maximum absolute atomic E-state index is 11.8. The van der Waals surface area contributed by atoms with Crippen molar-refractivity contribution in [2.45, 2.75) is 38.3 Å². The first kappa shape index (κ1) is 18.7. The van der Waals surface area contributed by atoms with Crippen molar-refractivity contribution >= 4 is 39.1 Å². The van der Waals surface area contributed by atoms with Crippen molar-refractivity contribution in [3.63, 3.8) is 0 Å². The highest BCUT2D eigenvalue weighted by Gasteiger charge is 2.29. The fraction of sp³-hybridized carbons (Fsp3) is 0.368. The van der Waals surface area contributed by atoms with Crippen molar-refractivity contribution in [2.24, 2.45) is 11.7 Å². The van der Waals surface area contributed by atoms with Crippen molar-refractivity contribution in [1.82, 2.24) is 19.6 Å². The zero-order valence-corrected chi connectivity index (χ0v) is 16.9. The Morgan fingerprint density at radius 3 is 2.96 bits per heavy atom.